The highest BCUT2D eigenvalue weighted by Gasteiger charge is 2.27. The lowest BCUT2D eigenvalue weighted by molar-refractivity contribution is -0.870. The van der Waals surface area contributed by atoms with E-state index >= 15 is 0 Å². The molecule has 0 saturated heterocycles. The van der Waals surface area contributed by atoms with Crippen LogP contribution in [0.4, 0.5) is 0 Å². The molecule has 0 aromatic rings. The van der Waals surface area contributed by atoms with Crippen LogP contribution >= 0.6 is 7.82 Å². The average molecular weight is 1070 g/mol. The quantitative estimate of drug-likeness (QED) is 0.0278. The van der Waals surface area contributed by atoms with Gasteiger partial charge in [-0.3, -0.25) is 18.6 Å². The highest BCUT2D eigenvalue weighted by molar-refractivity contribution is 7.47. The van der Waals surface area contributed by atoms with Crippen molar-refractivity contribution < 1.29 is 42.1 Å². The fourth-order valence-electron chi connectivity index (χ4n) is 10.1. The molecule has 0 amide bonds. The Hall–Kier alpha value is -0.990. The standard InChI is InChI=1S/C64H128NO8P/c1-6-8-10-12-14-16-18-19-20-21-22-23-24-25-26-27-28-29-30-31-32-33-34-35-36-37-38-39-40-41-42-43-44-45-46-47-49-51-53-55-57-64(67)73-62(61-72-74(68,69)71-59-58-65(3,4)5)60-70-63(66)56-54-52-50-48-17-15-13-11-9-7-2/h62H,6-61H2,1-5H3/p+1. The molecule has 0 aliphatic carbocycles. The monoisotopic (exact) mass is 1070 g/mol. The van der Waals surface area contributed by atoms with E-state index in [0.29, 0.717) is 17.4 Å². The number of quaternary nitrogens is 1. The van der Waals surface area contributed by atoms with Crippen LogP contribution in [-0.2, 0) is 32.7 Å². The zero-order valence-electron chi connectivity index (χ0n) is 50.4. The maximum Gasteiger partial charge on any atom is 0.472 e. The third-order valence-corrected chi connectivity index (χ3v) is 16.1. The van der Waals surface area contributed by atoms with Crippen LogP contribution in [-0.4, -0.2) is 74.9 Å². The van der Waals surface area contributed by atoms with Crippen molar-refractivity contribution in [2.24, 2.45) is 0 Å². The van der Waals surface area contributed by atoms with Gasteiger partial charge in [0.05, 0.1) is 27.7 Å². The molecule has 0 heterocycles. The molecule has 0 fully saturated rings. The van der Waals surface area contributed by atoms with Gasteiger partial charge in [-0.05, 0) is 12.8 Å². The first kappa shape index (κ1) is 73.0. The van der Waals surface area contributed by atoms with Gasteiger partial charge in [-0.2, -0.15) is 0 Å². The topological polar surface area (TPSA) is 108 Å². The molecule has 0 aromatic heterocycles. The number of phosphoric ester groups is 1. The highest BCUT2D eigenvalue weighted by atomic mass is 31.2. The zero-order valence-corrected chi connectivity index (χ0v) is 51.3. The first-order valence-corrected chi connectivity index (χ1v) is 34.3. The molecule has 0 radical (unpaired) electrons. The van der Waals surface area contributed by atoms with E-state index in [1.165, 1.54) is 283 Å². The summed E-state index contributed by atoms with van der Waals surface area (Å²) >= 11 is 0. The molecular weight excluding hydrogens is 942 g/mol. The Morgan fingerprint density at radius 3 is 0.865 bits per heavy atom. The summed E-state index contributed by atoms with van der Waals surface area (Å²) in [6.07, 6.45) is 66.8. The van der Waals surface area contributed by atoms with Crippen molar-refractivity contribution in [2.75, 3.05) is 47.5 Å². The average Bonchev–Trinajstić information content (AvgIpc) is 3.36. The van der Waals surface area contributed by atoms with Gasteiger partial charge in [0.25, 0.3) is 0 Å². The number of carbonyl (C=O) groups excluding carboxylic acids is 2. The summed E-state index contributed by atoms with van der Waals surface area (Å²) in [5.41, 5.74) is 0. The Morgan fingerprint density at radius 2 is 0.608 bits per heavy atom. The maximum atomic E-state index is 12.8. The fraction of sp³-hybridized carbons (Fsp3) is 0.969. The van der Waals surface area contributed by atoms with Gasteiger partial charge in [-0.1, -0.05) is 322 Å². The summed E-state index contributed by atoms with van der Waals surface area (Å²) in [7, 11) is 1.50. The van der Waals surface area contributed by atoms with E-state index < -0.39 is 26.5 Å². The van der Waals surface area contributed by atoms with Gasteiger partial charge in [0.15, 0.2) is 6.10 Å². The van der Waals surface area contributed by atoms with Crippen molar-refractivity contribution in [2.45, 2.75) is 354 Å². The normalized spacial score (nSPS) is 13.1. The minimum atomic E-state index is -4.37. The van der Waals surface area contributed by atoms with E-state index in [-0.39, 0.29) is 25.6 Å². The van der Waals surface area contributed by atoms with Crippen LogP contribution in [0.5, 0.6) is 0 Å². The minimum absolute atomic E-state index is 0.0371. The number of esters is 2. The molecule has 10 heteroatoms. The number of rotatable bonds is 62. The lowest BCUT2D eigenvalue weighted by Crippen LogP contribution is -2.37. The number of likely N-dealkylation sites (N-methyl/N-ethyl adjacent to an activating group) is 1. The SMILES string of the molecule is CCCCCCCCCCCCCCCCCCCCCCCCCCCCCCCCCCCCCCCCCCC(=O)OC(COC(=O)CCCCCCCCCCCC)COP(=O)(O)OCC[N+](C)(C)C. The predicted octanol–water partition coefficient (Wildman–Crippen LogP) is 20.6. The summed E-state index contributed by atoms with van der Waals surface area (Å²) in [6, 6.07) is 0. The maximum absolute atomic E-state index is 12.8. The highest BCUT2D eigenvalue weighted by Crippen LogP contribution is 2.43. The van der Waals surface area contributed by atoms with E-state index in [9.17, 15) is 19.0 Å². The van der Waals surface area contributed by atoms with Crippen molar-refractivity contribution in [1.82, 2.24) is 0 Å². The van der Waals surface area contributed by atoms with Crippen LogP contribution < -0.4 is 0 Å². The van der Waals surface area contributed by atoms with Crippen LogP contribution in [0.15, 0.2) is 0 Å². The summed E-state index contributed by atoms with van der Waals surface area (Å²) in [5.74, 6) is -0.779. The van der Waals surface area contributed by atoms with Crippen LogP contribution in [0.25, 0.3) is 0 Å². The molecule has 0 aromatic carbocycles. The Morgan fingerprint density at radius 1 is 0.365 bits per heavy atom. The number of carbonyl (C=O) groups is 2. The second-order valence-electron chi connectivity index (χ2n) is 23.9. The summed E-state index contributed by atoms with van der Waals surface area (Å²) in [5, 5.41) is 0. The summed E-state index contributed by atoms with van der Waals surface area (Å²) < 4.78 is 34.5. The third-order valence-electron chi connectivity index (χ3n) is 15.1. The number of nitrogens with zero attached hydrogens (tertiary/aromatic N) is 1. The van der Waals surface area contributed by atoms with Gasteiger partial charge in [-0.25, -0.2) is 4.57 Å². The molecule has 0 aliphatic rings. The van der Waals surface area contributed by atoms with Crippen LogP contribution in [0.1, 0.15) is 348 Å². The van der Waals surface area contributed by atoms with E-state index in [2.05, 4.69) is 13.8 Å². The summed E-state index contributed by atoms with van der Waals surface area (Å²) in [4.78, 5) is 35.5. The van der Waals surface area contributed by atoms with Gasteiger partial charge in [-0.15, -0.1) is 0 Å². The van der Waals surface area contributed by atoms with Crippen LogP contribution in [0.3, 0.4) is 0 Å². The molecule has 2 unspecified atom stereocenters. The van der Waals surface area contributed by atoms with Crippen molar-refractivity contribution in [3.63, 3.8) is 0 Å². The number of hydrogen-bond donors (Lipinski definition) is 1. The molecule has 9 nitrogen and oxygen atoms in total. The van der Waals surface area contributed by atoms with Crippen LogP contribution in [0.2, 0.25) is 0 Å². The lowest BCUT2D eigenvalue weighted by atomic mass is 10.0. The molecule has 0 bridgehead atoms. The van der Waals surface area contributed by atoms with Gasteiger partial charge in [0, 0.05) is 12.8 Å². The second kappa shape index (κ2) is 56.7. The third kappa shape index (κ3) is 60.2. The largest absolute Gasteiger partial charge is 0.472 e. The molecule has 74 heavy (non-hydrogen) atoms. The molecular formula is C64H129NO8P+. The van der Waals surface area contributed by atoms with Gasteiger partial charge < -0.3 is 18.9 Å². The number of phosphoric acid groups is 1. The number of ether oxygens (including phenoxy) is 2. The Labute approximate surface area is 461 Å². The van der Waals surface area contributed by atoms with Gasteiger partial charge in [0.1, 0.15) is 19.8 Å². The van der Waals surface area contributed by atoms with E-state index in [1.54, 1.807) is 0 Å². The zero-order chi connectivity index (χ0) is 54.2. The molecule has 2 atom stereocenters. The summed E-state index contributed by atoms with van der Waals surface area (Å²) in [6.45, 7) is 4.48. The molecule has 442 valence electrons. The smallest absolute Gasteiger partial charge is 0.462 e. The number of unbranched alkanes of at least 4 members (excludes halogenated alkanes) is 48. The molecule has 0 aliphatic heterocycles. The van der Waals surface area contributed by atoms with Crippen LogP contribution in [0, 0.1) is 0 Å². The Bertz CT molecular complexity index is 1210. The van der Waals surface area contributed by atoms with Crippen molar-refractivity contribution >= 4 is 19.8 Å². The second-order valence-corrected chi connectivity index (χ2v) is 25.3. The molecule has 0 saturated carbocycles. The number of hydrogen-bond acceptors (Lipinski definition) is 7. The Kier molecular flexibility index (Phi) is 56.0. The van der Waals surface area contributed by atoms with Crippen molar-refractivity contribution in [1.29, 1.82) is 0 Å². The first-order valence-electron chi connectivity index (χ1n) is 32.8. The minimum Gasteiger partial charge on any atom is -0.462 e. The predicted molar refractivity (Wildman–Crippen MR) is 317 cm³/mol. The van der Waals surface area contributed by atoms with Crippen molar-refractivity contribution in [3.8, 4) is 0 Å². The first-order chi connectivity index (χ1) is 36.0. The Balaban J connectivity index is 3.75. The van der Waals surface area contributed by atoms with Gasteiger partial charge in [0.2, 0.25) is 0 Å². The molecule has 1 N–H and O–H groups in total. The van der Waals surface area contributed by atoms with Gasteiger partial charge >= 0.3 is 19.8 Å². The van der Waals surface area contributed by atoms with E-state index in [0.717, 1.165) is 38.5 Å². The fourth-order valence-corrected chi connectivity index (χ4v) is 10.8. The lowest BCUT2D eigenvalue weighted by Gasteiger charge is -2.24. The molecule has 0 spiro atoms. The van der Waals surface area contributed by atoms with E-state index in [1.807, 2.05) is 21.1 Å². The van der Waals surface area contributed by atoms with E-state index in [4.69, 9.17) is 18.5 Å². The molecule has 0 rings (SSSR count). The van der Waals surface area contributed by atoms with Crippen molar-refractivity contribution in [3.05, 3.63) is 0 Å².